The third kappa shape index (κ3) is 6.48. The second-order valence-electron chi connectivity index (χ2n) is 6.65. The van der Waals surface area contributed by atoms with Gasteiger partial charge in [0, 0.05) is 18.8 Å². The molecule has 3 nitrogen and oxygen atoms in total. The number of carboxylic acids is 1. The maximum atomic E-state index is 12.2. The third-order valence-corrected chi connectivity index (χ3v) is 5.53. The largest absolute Gasteiger partial charge is 0.481 e. The van der Waals surface area contributed by atoms with Crippen molar-refractivity contribution in [2.75, 3.05) is 0 Å². The van der Waals surface area contributed by atoms with Gasteiger partial charge in [-0.3, -0.25) is 9.59 Å². The molecule has 0 radical (unpaired) electrons. The number of hydrogen-bond acceptors (Lipinski definition) is 2. The standard InChI is InChI=1S/C20H24Cl2O3/c21-17-11-8-14(13-18(17)22)7-9-15-10-12-19(23)16(15)5-3-1-2-4-6-20(24)25/h7-9,11,13,15-16H,1-6,10,12H2,(H,24,25)/b9-7+. The van der Waals surface area contributed by atoms with E-state index in [0.29, 0.717) is 28.7 Å². The second kappa shape index (κ2) is 9.98. The van der Waals surface area contributed by atoms with Gasteiger partial charge in [-0.2, -0.15) is 0 Å². The van der Waals surface area contributed by atoms with Crippen LogP contribution in [-0.2, 0) is 9.59 Å². The molecule has 0 heterocycles. The van der Waals surface area contributed by atoms with Gasteiger partial charge in [-0.1, -0.05) is 60.7 Å². The monoisotopic (exact) mass is 382 g/mol. The third-order valence-electron chi connectivity index (χ3n) is 4.79. The highest BCUT2D eigenvalue weighted by Crippen LogP contribution is 2.34. The molecular weight excluding hydrogens is 359 g/mol. The Balaban J connectivity index is 1.82. The van der Waals surface area contributed by atoms with Crippen LogP contribution in [0, 0.1) is 11.8 Å². The van der Waals surface area contributed by atoms with Gasteiger partial charge >= 0.3 is 5.97 Å². The number of rotatable bonds is 9. The molecule has 1 fully saturated rings. The van der Waals surface area contributed by atoms with Crippen LogP contribution in [0.15, 0.2) is 24.3 Å². The van der Waals surface area contributed by atoms with Gasteiger partial charge in [0.2, 0.25) is 0 Å². The smallest absolute Gasteiger partial charge is 0.303 e. The number of benzene rings is 1. The first kappa shape index (κ1) is 20.0. The molecule has 1 aromatic rings. The number of unbranched alkanes of at least 4 members (excludes halogenated alkanes) is 3. The van der Waals surface area contributed by atoms with Gasteiger partial charge in [-0.05, 0) is 42.9 Å². The Bertz CT molecular complexity index is 640. The van der Waals surface area contributed by atoms with E-state index in [2.05, 4.69) is 6.08 Å². The van der Waals surface area contributed by atoms with E-state index in [-0.39, 0.29) is 18.3 Å². The highest BCUT2D eigenvalue weighted by Gasteiger charge is 2.32. The van der Waals surface area contributed by atoms with Crippen molar-refractivity contribution in [3.05, 3.63) is 39.9 Å². The summed E-state index contributed by atoms with van der Waals surface area (Å²) < 4.78 is 0. The fraction of sp³-hybridized carbons (Fsp3) is 0.500. The van der Waals surface area contributed by atoms with Crippen LogP contribution in [0.25, 0.3) is 6.08 Å². The van der Waals surface area contributed by atoms with E-state index in [9.17, 15) is 9.59 Å². The summed E-state index contributed by atoms with van der Waals surface area (Å²) in [4.78, 5) is 22.6. The zero-order chi connectivity index (χ0) is 18.2. The van der Waals surface area contributed by atoms with Crippen LogP contribution in [0.2, 0.25) is 10.0 Å². The summed E-state index contributed by atoms with van der Waals surface area (Å²) in [6.45, 7) is 0. The lowest BCUT2D eigenvalue weighted by atomic mass is 9.89. The molecule has 25 heavy (non-hydrogen) atoms. The Morgan fingerprint density at radius 1 is 1.16 bits per heavy atom. The van der Waals surface area contributed by atoms with E-state index in [4.69, 9.17) is 28.3 Å². The van der Waals surface area contributed by atoms with Crippen LogP contribution in [0.1, 0.15) is 56.9 Å². The fourth-order valence-corrected chi connectivity index (χ4v) is 3.69. The van der Waals surface area contributed by atoms with E-state index in [1.165, 1.54) is 0 Å². The Labute approximate surface area is 159 Å². The number of ketones is 1. The average Bonchev–Trinajstić information content (AvgIpc) is 2.92. The molecule has 136 valence electrons. The average molecular weight is 383 g/mol. The molecule has 1 saturated carbocycles. The normalized spacial score (nSPS) is 20.5. The van der Waals surface area contributed by atoms with Crippen LogP contribution in [-0.4, -0.2) is 16.9 Å². The van der Waals surface area contributed by atoms with Crippen LogP contribution in [0.3, 0.4) is 0 Å². The van der Waals surface area contributed by atoms with Crippen LogP contribution < -0.4 is 0 Å². The Morgan fingerprint density at radius 3 is 2.64 bits per heavy atom. The number of hydrogen-bond donors (Lipinski definition) is 1. The number of halogens is 2. The van der Waals surface area contributed by atoms with Crippen molar-refractivity contribution in [3.8, 4) is 0 Å². The number of carbonyl (C=O) groups is 2. The summed E-state index contributed by atoms with van der Waals surface area (Å²) in [6.07, 6.45) is 10.4. The molecule has 0 aliphatic heterocycles. The first-order chi connectivity index (χ1) is 12.0. The van der Waals surface area contributed by atoms with Crippen molar-refractivity contribution < 1.29 is 14.7 Å². The molecule has 0 bridgehead atoms. The van der Waals surface area contributed by atoms with Gasteiger partial charge in [0.1, 0.15) is 5.78 Å². The molecule has 0 aromatic heterocycles. The number of Topliss-reactive ketones (excluding diaryl/α,β-unsaturated/α-hetero) is 1. The number of aliphatic carboxylic acids is 1. The predicted octanol–water partition coefficient (Wildman–Crippen LogP) is 6.03. The Hall–Kier alpha value is -1.32. The lowest BCUT2D eigenvalue weighted by Crippen LogP contribution is -2.13. The van der Waals surface area contributed by atoms with Crippen LogP contribution >= 0.6 is 23.2 Å². The maximum Gasteiger partial charge on any atom is 0.303 e. The zero-order valence-electron chi connectivity index (χ0n) is 14.2. The molecule has 2 atom stereocenters. The van der Waals surface area contributed by atoms with Crippen molar-refractivity contribution in [3.63, 3.8) is 0 Å². The first-order valence-electron chi connectivity index (χ1n) is 8.85. The summed E-state index contributed by atoms with van der Waals surface area (Å²) in [7, 11) is 0. The Morgan fingerprint density at radius 2 is 1.92 bits per heavy atom. The molecule has 1 aliphatic carbocycles. The minimum atomic E-state index is -0.738. The minimum Gasteiger partial charge on any atom is -0.481 e. The summed E-state index contributed by atoms with van der Waals surface area (Å²) >= 11 is 12.0. The van der Waals surface area contributed by atoms with E-state index >= 15 is 0 Å². The van der Waals surface area contributed by atoms with Crippen molar-refractivity contribution in [1.29, 1.82) is 0 Å². The van der Waals surface area contributed by atoms with Gasteiger partial charge in [-0.15, -0.1) is 0 Å². The first-order valence-corrected chi connectivity index (χ1v) is 9.60. The van der Waals surface area contributed by atoms with Crippen molar-refractivity contribution >= 4 is 41.0 Å². The number of carbonyl (C=O) groups excluding carboxylic acids is 1. The molecule has 1 aromatic carbocycles. The molecule has 1 aliphatic rings. The van der Waals surface area contributed by atoms with Crippen LogP contribution in [0.5, 0.6) is 0 Å². The van der Waals surface area contributed by atoms with Crippen LogP contribution in [0.4, 0.5) is 0 Å². The van der Waals surface area contributed by atoms with E-state index in [0.717, 1.165) is 37.7 Å². The van der Waals surface area contributed by atoms with Gasteiger partial charge in [0.15, 0.2) is 0 Å². The lowest BCUT2D eigenvalue weighted by Gasteiger charge is -2.14. The molecular formula is C20H24Cl2O3. The summed E-state index contributed by atoms with van der Waals surface area (Å²) in [5.41, 5.74) is 0.987. The summed E-state index contributed by atoms with van der Waals surface area (Å²) in [5.74, 6) is -0.00716. The topological polar surface area (TPSA) is 54.4 Å². The SMILES string of the molecule is O=C(O)CCCCCCC1C(=O)CCC1/C=C/c1ccc(Cl)c(Cl)c1. The Kier molecular flexibility index (Phi) is 7.98. The fourth-order valence-electron chi connectivity index (χ4n) is 3.38. The number of allylic oxidation sites excluding steroid dienone is 1. The van der Waals surface area contributed by atoms with Crippen molar-refractivity contribution in [2.45, 2.75) is 51.4 Å². The van der Waals surface area contributed by atoms with Crippen molar-refractivity contribution in [2.24, 2.45) is 11.8 Å². The van der Waals surface area contributed by atoms with E-state index in [1.54, 1.807) is 6.07 Å². The van der Waals surface area contributed by atoms with Gasteiger partial charge in [-0.25, -0.2) is 0 Å². The quantitative estimate of drug-likeness (QED) is 0.530. The van der Waals surface area contributed by atoms with E-state index in [1.807, 2.05) is 18.2 Å². The molecule has 0 saturated heterocycles. The highest BCUT2D eigenvalue weighted by molar-refractivity contribution is 6.42. The summed E-state index contributed by atoms with van der Waals surface area (Å²) in [6, 6.07) is 5.52. The minimum absolute atomic E-state index is 0.0958. The van der Waals surface area contributed by atoms with Gasteiger partial charge in [0.25, 0.3) is 0 Å². The zero-order valence-corrected chi connectivity index (χ0v) is 15.7. The number of carboxylic acid groups (broad SMARTS) is 1. The molecule has 2 unspecified atom stereocenters. The summed E-state index contributed by atoms with van der Waals surface area (Å²) in [5, 5.41) is 9.70. The second-order valence-corrected chi connectivity index (χ2v) is 7.47. The van der Waals surface area contributed by atoms with E-state index < -0.39 is 5.97 Å². The molecule has 0 spiro atoms. The lowest BCUT2D eigenvalue weighted by molar-refractivity contribution is -0.137. The molecule has 2 rings (SSSR count). The van der Waals surface area contributed by atoms with Gasteiger partial charge < -0.3 is 5.11 Å². The molecule has 1 N–H and O–H groups in total. The maximum absolute atomic E-state index is 12.2. The predicted molar refractivity (Wildman–Crippen MR) is 102 cm³/mol. The van der Waals surface area contributed by atoms with Crippen molar-refractivity contribution in [1.82, 2.24) is 0 Å². The highest BCUT2D eigenvalue weighted by atomic mass is 35.5. The van der Waals surface area contributed by atoms with Gasteiger partial charge in [0.05, 0.1) is 10.0 Å². The molecule has 5 heteroatoms. The molecule has 0 amide bonds.